The highest BCUT2D eigenvalue weighted by Gasteiger charge is 2.39. The monoisotopic (exact) mass is 565 g/mol. The summed E-state index contributed by atoms with van der Waals surface area (Å²) >= 11 is 0. The number of sulfonamides is 1. The van der Waals surface area contributed by atoms with Crippen LogP contribution in [0.15, 0.2) is 58.2 Å². The summed E-state index contributed by atoms with van der Waals surface area (Å²) in [7, 11) is -3.87. The van der Waals surface area contributed by atoms with E-state index in [4.69, 9.17) is 4.74 Å². The number of aromatic amines is 1. The first kappa shape index (κ1) is 28.0. The van der Waals surface area contributed by atoms with Gasteiger partial charge in [-0.25, -0.2) is 17.9 Å². The Balaban J connectivity index is 1.52. The van der Waals surface area contributed by atoms with Crippen molar-refractivity contribution in [1.82, 2.24) is 23.9 Å². The number of nitrogens with one attached hydrogen (secondary N) is 1. The van der Waals surface area contributed by atoms with Gasteiger partial charge in [-0.2, -0.15) is 4.31 Å². The highest BCUT2D eigenvalue weighted by atomic mass is 32.2. The zero-order valence-corrected chi connectivity index (χ0v) is 23.9. The molecule has 2 N–H and O–H groups in total. The molecule has 40 heavy (non-hydrogen) atoms. The molecule has 212 valence electrons. The standard InChI is InChI=1S/C29H35N5O5S/c1-4-9-25-30-20(3)26-28(36)31-27(32-34(25)26)23-18-22(12-13-24(23)39-5-2)40(37,38)33-16-14-29(19-35,15-17-33)21-10-7-6-8-11-21/h6-8,10-13,18,35H,4-5,9,14-17,19H2,1-3H3,(H,31,32,36). The second kappa shape index (κ2) is 11.1. The number of nitrogens with zero attached hydrogens (tertiary/aromatic N) is 4. The topological polar surface area (TPSA) is 130 Å². The van der Waals surface area contributed by atoms with E-state index in [1.807, 2.05) is 44.2 Å². The van der Waals surface area contributed by atoms with E-state index in [0.717, 1.165) is 12.0 Å². The van der Waals surface area contributed by atoms with Gasteiger partial charge in [0.2, 0.25) is 10.0 Å². The van der Waals surface area contributed by atoms with Crippen molar-refractivity contribution in [3.63, 3.8) is 0 Å². The minimum absolute atomic E-state index is 0.0483. The summed E-state index contributed by atoms with van der Waals surface area (Å²) in [6.07, 6.45) is 2.48. The predicted octanol–water partition coefficient (Wildman–Crippen LogP) is 3.46. The third kappa shape index (κ3) is 4.93. The van der Waals surface area contributed by atoms with Gasteiger partial charge in [0, 0.05) is 24.9 Å². The summed E-state index contributed by atoms with van der Waals surface area (Å²) in [5.41, 5.74) is 1.51. The first-order chi connectivity index (χ1) is 19.2. The average molecular weight is 566 g/mol. The van der Waals surface area contributed by atoms with Crippen molar-refractivity contribution in [2.45, 2.75) is 56.8 Å². The highest BCUT2D eigenvalue weighted by molar-refractivity contribution is 7.89. The Morgan fingerprint density at radius 1 is 1.10 bits per heavy atom. The molecule has 0 bridgehead atoms. The zero-order valence-electron chi connectivity index (χ0n) is 23.1. The van der Waals surface area contributed by atoms with Crippen LogP contribution in [-0.2, 0) is 21.9 Å². The molecule has 2 aromatic heterocycles. The molecular weight excluding hydrogens is 530 g/mol. The molecule has 4 aromatic rings. The molecule has 1 fully saturated rings. The van der Waals surface area contributed by atoms with Gasteiger partial charge in [0.1, 0.15) is 11.6 Å². The Kier molecular flexibility index (Phi) is 7.80. The van der Waals surface area contributed by atoms with E-state index in [1.54, 1.807) is 17.5 Å². The maximum atomic E-state index is 13.8. The molecule has 1 saturated heterocycles. The molecule has 0 radical (unpaired) electrons. The van der Waals surface area contributed by atoms with Gasteiger partial charge in [-0.3, -0.25) is 4.79 Å². The minimum atomic E-state index is -3.87. The first-order valence-corrected chi connectivity index (χ1v) is 15.1. The number of aliphatic hydroxyl groups excluding tert-OH is 1. The van der Waals surface area contributed by atoms with E-state index in [2.05, 4.69) is 15.1 Å². The van der Waals surface area contributed by atoms with Crippen molar-refractivity contribution in [3.8, 4) is 17.1 Å². The van der Waals surface area contributed by atoms with Crippen LogP contribution in [-0.4, -0.2) is 63.7 Å². The van der Waals surface area contributed by atoms with Gasteiger partial charge in [-0.15, -0.1) is 5.10 Å². The third-order valence-corrected chi connectivity index (χ3v) is 9.62. The second-order valence-electron chi connectivity index (χ2n) is 10.2. The lowest BCUT2D eigenvalue weighted by atomic mass is 9.74. The molecule has 2 aromatic carbocycles. The number of aliphatic hydroxyl groups is 1. The summed E-state index contributed by atoms with van der Waals surface area (Å²) in [5.74, 6) is 1.29. The first-order valence-electron chi connectivity index (χ1n) is 13.7. The van der Waals surface area contributed by atoms with Crippen LogP contribution in [0.3, 0.4) is 0 Å². The molecule has 11 heteroatoms. The Morgan fingerprint density at radius 3 is 2.48 bits per heavy atom. The summed E-state index contributed by atoms with van der Waals surface area (Å²) < 4.78 is 36.4. The molecule has 3 heterocycles. The largest absolute Gasteiger partial charge is 0.493 e. The maximum absolute atomic E-state index is 13.8. The molecule has 0 atom stereocenters. The zero-order chi connectivity index (χ0) is 28.5. The van der Waals surface area contributed by atoms with E-state index in [9.17, 15) is 18.3 Å². The van der Waals surface area contributed by atoms with Gasteiger partial charge in [-0.05, 0) is 56.9 Å². The van der Waals surface area contributed by atoms with Crippen LogP contribution in [0, 0.1) is 6.92 Å². The van der Waals surface area contributed by atoms with Crippen LogP contribution in [0.5, 0.6) is 5.75 Å². The smallest absolute Gasteiger partial charge is 0.277 e. The molecule has 10 nitrogen and oxygen atoms in total. The molecule has 5 rings (SSSR count). The van der Waals surface area contributed by atoms with Gasteiger partial charge in [-0.1, -0.05) is 37.3 Å². The Hall–Kier alpha value is -3.54. The quantitative estimate of drug-likeness (QED) is 0.318. The van der Waals surface area contributed by atoms with E-state index in [0.29, 0.717) is 54.2 Å². The lowest BCUT2D eigenvalue weighted by Crippen LogP contribution is -2.46. The summed E-state index contributed by atoms with van der Waals surface area (Å²) in [5, 5.41) is 14.9. The number of fused-ring (bicyclic) bond motifs is 1. The van der Waals surface area contributed by atoms with Gasteiger partial charge in [0.15, 0.2) is 11.3 Å². The Bertz CT molecular complexity index is 1670. The number of H-pyrrole nitrogens is 1. The molecule has 0 spiro atoms. The van der Waals surface area contributed by atoms with E-state index < -0.39 is 15.4 Å². The predicted molar refractivity (Wildman–Crippen MR) is 152 cm³/mol. The fraction of sp³-hybridized carbons (Fsp3) is 0.414. The van der Waals surface area contributed by atoms with Crippen molar-refractivity contribution < 1.29 is 18.3 Å². The maximum Gasteiger partial charge on any atom is 0.277 e. The SMILES string of the molecule is CCCc1nc(C)c2c(=O)[nH]c(-c3cc(S(=O)(=O)N4CCC(CO)(c5ccccc5)CC4)ccc3OCC)nn12. The lowest BCUT2D eigenvalue weighted by Gasteiger charge is -2.40. The van der Waals surface area contributed by atoms with Gasteiger partial charge in [0.25, 0.3) is 5.56 Å². The van der Waals surface area contributed by atoms with Gasteiger partial charge < -0.3 is 14.8 Å². The molecule has 1 aliphatic rings. The number of aromatic nitrogens is 4. The van der Waals surface area contributed by atoms with Crippen LogP contribution in [0.25, 0.3) is 16.9 Å². The molecule has 1 aliphatic heterocycles. The summed E-state index contributed by atoms with van der Waals surface area (Å²) in [6, 6.07) is 14.4. The number of rotatable bonds is 9. The van der Waals surface area contributed by atoms with Crippen LogP contribution >= 0.6 is 0 Å². The fourth-order valence-corrected chi connectivity index (χ4v) is 6.98. The second-order valence-corrected chi connectivity index (χ2v) is 12.2. The molecule has 0 aliphatic carbocycles. The van der Waals surface area contributed by atoms with Crippen molar-refractivity contribution in [2.75, 3.05) is 26.3 Å². The molecule has 0 saturated carbocycles. The summed E-state index contributed by atoms with van der Waals surface area (Å²) in [6.45, 7) is 6.48. The Morgan fingerprint density at radius 2 is 1.82 bits per heavy atom. The molecule has 0 amide bonds. The normalized spacial score (nSPS) is 15.9. The van der Waals surface area contributed by atoms with Crippen LogP contribution in [0.1, 0.15) is 50.2 Å². The van der Waals surface area contributed by atoms with Crippen LogP contribution in [0.4, 0.5) is 0 Å². The van der Waals surface area contributed by atoms with E-state index in [1.165, 1.54) is 16.4 Å². The van der Waals surface area contributed by atoms with Crippen molar-refractivity contribution >= 4 is 15.5 Å². The number of piperidine rings is 1. The number of hydrogen-bond acceptors (Lipinski definition) is 7. The van der Waals surface area contributed by atoms with E-state index >= 15 is 0 Å². The molecular formula is C29H35N5O5S. The fourth-order valence-electron chi connectivity index (χ4n) is 5.51. The van der Waals surface area contributed by atoms with E-state index in [-0.39, 0.29) is 36.0 Å². The number of aryl methyl sites for hydroxylation is 2. The van der Waals surface area contributed by atoms with Crippen LogP contribution < -0.4 is 10.3 Å². The van der Waals surface area contributed by atoms with Crippen molar-refractivity contribution in [3.05, 3.63) is 76.0 Å². The number of ether oxygens (including phenoxy) is 1. The van der Waals surface area contributed by atoms with Crippen molar-refractivity contribution in [2.24, 2.45) is 0 Å². The average Bonchev–Trinajstić information content (AvgIpc) is 3.29. The lowest BCUT2D eigenvalue weighted by molar-refractivity contribution is 0.134. The number of hydrogen-bond donors (Lipinski definition) is 2. The summed E-state index contributed by atoms with van der Waals surface area (Å²) in [4.78, 5) is 20.5. The van der Waals surface area contributed by atoms with Gasteiger partial charge >= 0.3 is 0 Å². The number of imidazole rings is 1. The molecule has 0 unspecified atom stereocenters. The Labute approximate surface area is 233 Å². The third-order valence-electron chi connectivity index (χ3n) is 7.73. The number of benzene rings is 2. The minimum Gasteiger partial charge on any atom is -0.493 e. The van der Waals surface area contributed by atoms with Crippen molar-refractivity contribution in [1.29, 1.82) is 0 Å². The van der Waals surface area contributed by atoms with Gasteiger partial charge in [0.05, 0.1) is 29.4 Å². The highest BCUT2D eigenvalue weighted by Crippen LogP contribution is 2.38. The van der Waals surface area contributed by atoms with Crippen LogP contribution in [0.2, 0.25) is 0 Å².